The van der Waals surface area contributed by atoms with Gasteiger partial charge in [0.1, 0.15) is 11.6 Å². The summed E-state index contributed by atoms with van der Waals surface area (Å²) in [5.74, 6) is -0.706. The lowest BCUT2D eigenvalue weighted by molar-refractivity contribution is 0.102. The van der Waals surface area contributed by atoms with Gasteiger partial charge in [0.15, 0.2) is 0 Å². The SMILES string of the molecule is COc1ccc(NC(=O)c2cc(F)ccc2C)cc1NS(C)(=O)=O. The number of anilines is 2. The minimum Gasteiger partial charge on any atom is -0.495 e. The number of hydrogen-bond donors (Lipinski definition) is 2. The van der Waals surface area contributed by atoms with E-state index in [1.807, 2.05) is 0 Å². The second kappa shape index (κ2) is 6.88. The van der Waals surface area contributed by atoms with Gasteiger partial charge >= 0.3 is 0 Å². The van der Waals surface area contributed by atoms with E-state index in [0.29, 0.717) is 17.0 Å². The second-order valence-corrected chi connectivity index (χ2v) is 6.95. The summed E-state index contributed by atoms with van der Waals surface area (Å²) >= 11 is 0. The van der Waals surface area contributed by atoms with E-state index in [2.05, 4.69) is 10.0 Å². The van der Waals surface area contributed by atoms with E-state index in [9.17, 15) is 17.6 Å². The Morgan fingerprint density at radius 2 is 1.88 bits per heavy atom. The molecule has 0 aliphatic heterocycles. The summed E-state index contributed by atoms with van der Waals surface area (Å²) in [5, 5.41) is 2.61. The van der Waals surface area contributed by atoms with Crippen LogP contribution in [0.1, 0.15) is 15.9 Å². The standard InChI is InChI=1S/C16H17FN2O4S/c1-10-4-5-11(17)8-13(10)16(20)18-12-6-7-15(23-2)14(9-12)19-24(3,21)22/h4-9,19H,1-3H3,(H,18,20). The maximum atomic E-state index is 13.3. The average Bonchev–Trinajstić information content (AvgIpc) is 2.48. The Labute approximate surface area is 139 Å². The summed E-state index contributed by atoms with van der Waals surface area (Å²) in [6, 6.07) is 8.42. The van der Waals surface area contributed by atoms with E-state index in [-0.39, 0.29) is 11.3 Å². The quantitative estimate of drug-likeness (QED) is 0.867. The summed E-state index contributed by atoms with van der Waals surface area (Å²) in [6.45, 7) is 1.69. The van der Waals surface area contributed by atoms with Crippen molar-refractivity contribution in [1.29, 1.82) is 0 Å². The van der Waals surface area contributed by atoms with Crippen LogP contribution in [0.15, 0.2) is 36.4 Å². The van der Waals surface area contributed by atoms with E-state index in [0.717, 1.165) is 12.3 Å². The molecule has 0 saturated carbocycles. The van der Waals surface area contributed by atoms with Crippen LogP contribution in [0.3, 0.4) is 0 Å². The van der Waals surface area contributed by atoms with Crippen LogP contribution in [0.4, 0.5) is 15.8 Å². The fraction of sp³-hybridized carbons (Fsp3) is 0.188. The zero-order valence-corrected chi connectivity index (χ0v) is 14.2. The summed E-state index contributed by atoms with van der Waals surface area (Å²) < 4.78 is 43.5. The van der Waals surface area contributed by atoms with Gasteiger partial charge in [0.2, 0.25) is 10.0 Å². The van der Waals surface area contributed by atoms with Crippen molar-refractivity contribution in [2.45, 2.75) is 6.92 Å². The molecule has 6 nitrogen and oxygen atoms in total. The van der Waals surface area contributed by atoms with Crippen LogP contribution in [0.2, 0.25) is 0 Å². The van der Waals surface area contributed by atoms with Crippen LogP contribution in [0.5, 0.6) is 5.75 Å². The maximum absolute atomic E-state index is 13.3. The van der Waals surface area contributed by atoms with Crippen LogP contribution >= 0.6 is 0 Å². The van der Waals surface area contributed by atoms with Gasteiger partial charge in [-0.2, -0.15) is 0 Å². The fourth-order valence-corrected chi connectivity index (χ4v) is 2.66. The van der Waals surface area contributed by atoms with Crippen LogP contribution < -0.4 is 14.8 Å². The molecule has 0 unspecified atom stereocenters. The van der Waals surface area contributed by atoms with Gasteiger partial charge in [-0.1, -0.05) is 6.07 Å². The molecule has 0 bridgehead atoms. The molecule has 0 atom stereocenters. The number of nitrogens with one attached hydrogen (secondary N) is 2. The van der Waals surface area contributed by atoms with Crippen molar-refractivity contribution >= 4 is 27.3 Å². The first kappa shape index (κ1) is 17.7. The lowest BCUT2D eigenvalue weighted by Crippen LogP contribution is -2.15. The van der Waals surface area contributed by atoms with Gasteiger partial charge in [-0.05, 0) is 42.8 Å². The van der Waals surface area contributed by atoms with Crippen molar-refractivity contribution in [1.82, 2.24) is 0 Å². The molecule has 0 spiro atoms. The number of sulfonamides is 1. The number of carbonyl (C=O) groups excluding carboxylic acids is 1. The first-order valence-electron chi connectivity index (χ1n) is 6.93. The highest BCUT2D eigenvalue weighted by atomic mass is 32.2. The average molecular weight is 352 g/mol. The molecule has 0 aliphatic rings. The first-order chi connectivity index (χ1) is 11.2. The molecule has 128 valence electrons. The van der Waals surface area contributed by atoms with Gasteiger partial charge in [0, 0.05) is 11.3 Å². The van der Waals surface area contributed by atoms with Crippen LogP contribution in [-0.4, -0.2) is 27.7 Å². The number of halogens is 1. The molecule has 8 heteroatoms. The molecule has 2 N–H and O–H groups in total. The Kier molecular flexibility index (Phi) is 5.08. The van der Waals surface area contributed by atoms with Crippen molar-refractivity contribution in [2.24, 2.45) is 0 Å². The topological polar surface area (TPSA) is 84.5 Å². The normalized spacial score (nSPS) is 11.0. The number of ether oxygens (including phenoxy) is 1. The van der Waals surface area contributed by atoms with Gasteiger partial charge < -0.3 is 10.1 Å². The minimum absolute atomic E-state index is 0.189. The molecular weight excluding hydrogens is 335 g/mol. The predicted molar refractivity (Wildman–Crippen MR) is 90.6 cm³/mol. The molecule has 0 saturated heterocycles. The number of hydrogen-bond acceptors (Lipinski definition) is 4. The Bertz CT molecular complexity index is 882. The predicted octanol–water partition coefficient (Wildman–Crippen LogP) is 2.77. The van der Waals surface area contributed by atoms with Crippen molar-refractivity contribution < 1.29 is 22.3 Å². The smallest absolute Gasteiger partial charge is 0.256 e. The molecule has 0 aliphatic carbocycles. The van der Waals surface area contributed by atoms with Gasteiger partial charge in [-0.15, -0.1) is 0 Å². The summed E-state index contributed by atoms with van der Waals surface area (Å²) in [6.07, 6.45) is 1.01. The maximum Gasteiger partial charge on any atom is 0.256 e. The molecule has 0 aromatic heterocycles. The van der Waals surface area contributed by atoms with Crippen molar-refractivity contribution in [3.8, 4) is 5.75 Å². The minimum atomic E-state index is -3.51. The molecule has 0 heterocycles. The van der Waals surface area contributed by atoms with Crippen LogP contribution in [0.25, 0.3) is 0 Å². The zero-order chi connectivity index (χ0) is 17.9. The highest BCUT2D eigenvalue weighted by molar-refractivity contribution is 7.92. The summed E-state index contributed by atoms with van der Waals surface area (Å²) in [4.78, 5) is 12.3. The van der Waals surface area contributed by atoms with Gasteiger partial charge in [0.05, 0.1) is 19.1 Å². The number of amides is 1. The Balaban J connectivity index is 2.31. The highest BCUT2D eigenvalue weighted by Gasteiger charge is 2.13. The second-order valence-electron chi connectivity index (χ2n) is 5.20. The van der Waals surface area contributed by atoms with E-state index in [1.165, 1.54) is 31.4 Å². The van der Waals surface area contributed by atoms with Crippen molar-refractivity contribution in [3.05, 3.63) is 53.3 Å². The Hall–Kier alpha value is -2.61. The zero-order valence-electron chi connectivity index (χ0n) is 13.4. The third kappa shape index (κ3) is 4.45. The van der Waals surface area contributed by atoms with Crippen molar-refractivity contribution in [2.75, 3.05) is 23.4 Å². The summed E-state index contributed by atoms with van der Waals surface area (Å²) in [7, 11) is -2.11. The number of carbonyl (C=O) groups is 1. The van der Waals surface area contributed by atoms with Gasteiger partial charge in [-0.25, -0.2) is 12.8 Å². The Morgan fingerprint density at radius 1 is 1.17 bits per heavy atom. The van der Waals surface area contributed by atoms with Crippen molar-refractivity contribution in [3.63, 3.8) is 0 Å². The molecule has 2 rings (SSSR count). The fourth-order valence-electron chi connectivity index (χ4n) is 2.10. The van der Waals surface area contributed by atoms with Crippen LogP contribution in [-0.2, 0) is 10.0 Å². The molecule has 24 heavy (non-hydrogen) atoms. The first-order valence-corrected chi connectivity index (χ1v) is 8.82. The molecule has 1 amide bonds. The van der Waals surface area contributed by atoms with E-state index in [4.69, 9.17) is 4.74 Å². The van der Waals surface area contributed by atoms with Gasteiger partial charge in [0.25, 0.3) is 5.91 Å². The molecule has 0 radical (unpaired) electrons. The lowest BCUT2D eigenvalue weighted by atomic mass is 10.1. The molecule has 2 aromatic rings. The third-order valence-corrected chi connectivity index (χ3v) is 3.79. The number of methoxy groups -OCH3 is 1. The van der Waals surface area contributed by atoms with E-state index in [1.54, 1.807) is 13.0 Å². The third-order valence-electron chi connectivity index (χ3n) is 3.20. The summed E-state index contributed by atoms with van der Waals surface area (Å²) in [5.41, 5.74) is 1.35. The number of aryl methyl sites for hydroxylation is 1. The molecule has 0 fully saturated rings. The van der Waals surface area contributed by atoms with Crippen LogP contribution in [0, 0.1) is 12.7 Å². The number of rotatable bonds is 5. The Morgan fingerprint density at radius 3 is 2.50 bits per heavy atom. The van der Waals surface area contributed by atoms with E-state index < -0.39 is 21.7 Å². The number of benzene rings is 2. The largest absolute Gasteiger partial charge is 0.495 e. The monoisotopic (exact) mass is 352 g/mol. The van der Waals surface area contributed by atoms with Gasteiger partial charge in [-0.3, -0.25) is 9.52 Å². The lowest BCUT2D eigenvalue weighted by Gasteiger charge is -2.13. The molecule has 2 aromatic carbocycles. The van der Waals surface area contributed by atoms with E-state index >= 15 is 0 Å². The molecular formula is C16H17FN2O4S. The highest BCUT2D eigenvalue weighted by Crippen LogP contribution is 2.29.